The van der Waals surface area contributed by atoms with E-state index < -0.39 is 0 Å². The summed E-state index contributed by atoms with van der Waals surface area (Å²) in [4.78, 5) is 11.3. The smallest absolute Gasteiger partial charge is 0.145 e. The summed E-state index contributed by atoms with van der Waals surface area (Å²) >= 11 is 1.89. The molecule has 12 heavy (non-hydrogen) atoms. The van der Waals surface area contributed by atoms with Crippen LogP contribution in [0.4, 0.5) is 0 Å². The first-order valence-electron chi connectivity index (χ1n) is 4.92. The molecule has 0 aromatic heterocycles. The third-order valence-corrected chi connectivity index (χ3v) is 4.03. The Balaban J connectivity index is 2.24. The Bertz CT molecular complexity index is 150. The minimum absolute atomic E-state index is 0.234. The number of carbonyl (C=O) groups excluding carboxylic acids is 1. The third kappa shape index (κ3) is 2.81. The van der Waals surface area contributed by atoms with Crippen molar-refractivity contribution in [3.63, 3.8) is 0 Å². The molecule has 0 amide bonds. The van der Waals surface area contributed by atoms with E-state index in [0.717, 1.165) is 5.25 Å². The summed E-state index contributed by atoms with van der Waals surface area (Å²) in [5, 5.41) is 1.01. The predicted octanol–water partition coefficient (Wildman–Crippen LogP) is 3.03. The monoisotopic (exact) mass is 186 g/mol. The average Bonchev–Trinajstić information content (AvgIpc) is 2.55. The molecule has 0 radical (unpaired) electrons. The molecule has 0 aliphatic heterocycles. The highest BCUT2D eigenvalue weighted by Crippen LogP contribution is 2.32. The first-order chi connectivity index (χ1) is 5.74. The Morgan fingerprint density at radius 3 is 2.58 bits per heavy atom. The first kappa shape index (κ1) is 10.1. The summed E-state index contributed by atoms with van der Waals surface area (Å²) in [7, 11) is 0. The second kappa shape index (κ2) is 4.90. The van der Waals surface area contributed by atoms with Gasteiger partial charge in [-0.25, -0.2) is 0 Å². The van der Waals surface area contributed by atoms with Crippen molar-refractivity contribution in [2.45, 2.75) is 56.5 Å². The molecule has 1 nitrogen and oxygen atoms in total. The maximum absolute atomic E-state index is 11.3. The van der Waals surface area contributed by atoms with E-state index in [1.54, 1.807) is 0 Å². The fourth-order valence-corrected chi connectivity index (χ4v) is 3.18. The molecule has 0 N–H and O–H groups in total. The van der Waals surface area contributed by atoms with Crippen LogP contribution in [0.2, 0.25) is 0 Å². The van der Waals surface area contributed by atoms with Gasteiger partial charge in [-0.15, -0.1) is 11.8 Å². The minimum Gasteiger partial charge on any atom is -0.298 e. The largest absolute Gasteiger partial charge is 0.298 e. The van der Waals surface area contributed by atoms with Crippen molar-refractivity contribution in [1.82, 2.24) is 0 Å². The van der Waals surface area contributed by atoms with Crippen LogP contribution < -0.4 is 0 Å². The fraction of sp³-hybridized carbons (Fsp3) is 0.900. The molecule has 2 heteroatoms. The maximum atomic E-state index is 11.3. The number of ketones is 1. The molecule has 1 aliphatic rings. The van der Waals surface area contributed by atoms with Gasteiger partial charge < -0.3 is 0 Å². The van der Waals surface area contributed by atoms with E-state index in [1.165, 1.54) is 25.7 Å². The van der Waals surface area contributed by atoms with Gasteiger partial charge in [0.05, 0.1) is 5.25 Å². The Kier molecular flexibility index (Phi) is 4.13. The Labute approximate surface area is 79.3 Å². The van der Waals surface area contributed by atoms with Gasteiger partial charge in [-0.1, -0.05) is 19.8 Å². The maximum Gasteiger partial charge on any atom is 0.145 e. The van der Waals surface area contributed by atoms with Gasteiger partial charge >= 0.3 is 0 Å². The van der Waals surface area contributed by atoms with Crippen molar-refractivity contribution >= 4 is 17.5 Å². The van der Waals surface area contributed by atoms with Crippen LogP contribution in [0.15, 0.2) is 0 Å². The van der Waals surface area contributed by atoms with Gasteiger partial charge in [0.25, 0.3) is 0 Å². The van der Waals surface area contributed by atoms with Crippen molar-refractivity contribution in [2.75, 3.05) is 0 Å². The molecule has 0 spiro atoms. The second-order valence-electron chi connectivity index (χ2n) is 3.50. The van der Waals surface area contributed by atoms with Crippen LogP contribution in [0.3, 0.4) is 0 Å². The predicted molar refractivity (Wildman–Crippen MR) is 54.6 cm³/mol. The average molecular weight is 186 g/mol. The second-order valence-corrected chi connectivity index (χ2v) is 5.15. The summed E-state index contributed by atoms with van der Waals surface area (Å²) in [6.45, 7) is 4.00. The molecule has 0 aromatic carbocycles. The lowest BCUT2D eigenvalue weighted by atomic mass is 10.2. The molecular weight excluding hydrogens is 168 g/mol. The Hall–Kier alpha value is 0.0200. The van der Waals surface area contributed by atoms with Crippen LogP contribution in [0.5, 0.6) is 0 Å². The number of rotatable bonds is 4. The van der Waals surface area contributed by atoms with Crippen molar-refractivity contribution < 1.29 is 4.79 Å². The van der Waals surface area contributed by atoms with E-state index in [4.69, 9.17) is 0 Å². The summed E-state index contributed by atoms with van der Waals surface area (Å²) in [6, 6.07) is 0. The van der Waals surface area contributed by atoms with E-state index in [-0.39, 0.29) is 5.25 Å². The van der Waals surface area contributed by atoms with E-state index in [2.05, 4.69) is 6.92 Å². The quantitative estimate of drug-likeness (QED) is 0.671. The molecule has 70 valence electrons. The van der Waals surface area contributed by atoms with Gasteiger partial charge in [-0.3, -0.25) is 4.79 Å². The first-order valence-corrected chi connectivity index (χ1v) is 5.86. The molecule has 1 unspecified atom stereocenters. The molecule has 0 bridgehead atoms. The topological polar surface area (TPSA) is 17.1 Å². The van der Waals surface area contributed by atoms with Gasteiger partial charge in [0.2, 0.25) is 0 Å². The number of thioether (sulfide) groups is 1. The molecule has 0 aromatic rings. The number of carbonyl (C=O) groups is 1. The highest BCUT2D eigenvalue weighted by Gasteiger charge is 2.20. The number of hydrogen-bond donors (Lipinski definition) is 0. The van der Waals surface area contributed by atoms with E-state index in [1.807, 2.05) is 18.7 Å². The van der Waals surface area contributed by atoms with Crippen molar-refractivity contribution in [1.29, 1.82) is 0 Å². The fourth-order valence-electron chi connectivity index (χ4n) is 1.68. The Morgan fingerprint density at radius 2 is 2.08 bits per heavy atom. The lowest BCUT2D eigenvalue weighted by molar-refractivity contribution is -0.118. The van der Waals surface area contributed by atoms with Crippen LogP contribution in [0.1, 0.15) is 46.0 Å². The Morgan fingerprint density at radius 1 is 1.50 bits per heavy atom. The van der Waals surface area contributed by atoms with Crippen LogP contribution in [-0.4, -0.2) is 16.3 Å². The van der Waals surface area contributed by atoms with E-state index in [0.29, 0.717) is 12.2 Å². The standard InChI is InChI=1S/C10H18OS/c1-3-10(11)8(2)12-9-6-4-5-7-9/h8-9H,3-7H2,1-2H3. The number of Topliss-reactive ketones (excluding diaryl/α,β-unsaturated/α-hetero) is 1. The zero-order valence-electron chi connectivity index (χ0n) is 8.01. The highest BCUT2D eigenvalue weighted by molar-refractivity contribution is 8.01. The van der Waals surface area contributed by atoms with Crippen LogP contribution in [-0.2, 0) is 4.79 Å². The summed E-state index contributed by atoms with van der Waals surface area (Å²) in [6.07, 6.45) is 6.08. The normalized spacial score (nSPS) is 21.2. The molecule has 1 rings (SSSR count). The van der Waals surface area contributed by atoms with Gasteiger partial charge in [0.15, 0.2) is 0 Å². The SMILES string of the molecule is CCC(=O)C(C)SC1CCCC1. The lowest BCUT2D eigenvalue weighted by Gasteiger charge is -2.13. The minimum atomic E-state index is 0.234. The lowest BCUT2D eigenvalue weighted by Crippen LogP contribution is -2.15. The van der Waals surface area contributed by atoms with Crippen molar-refractivity contribution in [3.8, 4) is 0 Å². The molecule has 1 aliphatic carbocycles. The molecule has 1 saturated carbocycles. The zero-order chi connectivity index (χ0) is 8.97. The van der Waals surface area contributed by atoms with E-state index >= 15 is 0 Å². The third-order valence-electron chi connectivity index (χ3n) is 2.50. The molecule has 1 fully saturated rings. The van der Waals surface area contributed by atoms with Gasteiger partial charge in [-0.05, 0) is 19.8 Å². The van der Waals surface area contributed by atoms with E-state index in [9.17, 15) is 4.79 Å². The molecule has 0 heterocycles. The summed E-state index contributed by atoms with van der Waals surface area (Å²) in [5.41, 5.74) is 0. The van der Waals surface area contributed by atoms with Crippen molar-refractivity contribution in [3.05, 3.63) is 0 Å². The summed E-state index contributed by atoms with van der Waals surface area (Å²) in [5.74, 6) is 0.409. The van der Waals surface area contributed by atoms with Gasteiger partial charge in [0.1, 0.15) is 5.78 Å². The van der Waals surface area contributed by atoms with Crippen LogP contribution in [0, 0.1) is 0 Å². The molecule has 1 atom stereocenters. The highest BCUT2D eigenvalue weighted by atomic mass is 32.2. The number of hydrogen-bond acceptors (Lipinski definition) is 2. The molecular formula is C10H18OS. The van der Waals surface area contributed by atoms with Crippen molar-refractivity contribution in [2.24, 2.45) is 0 Å². The molecule has 0 saturated heterocycles. The summed E-state index contributed by atoms with van der Waals surface area (Å²) < 4.78 is 0. The van der Waals surface area contributed by atoms with Crippen LogP contribution >= 0.6 is 11.8 Å². The zero-order valence-corrected chi connectivity index (χ0v) is 8.82. The van der Waals surface area contributed by atoms with Crippen LogP contribution in [0.25, 0.3) is 0 Å². The van der Waals surface area contributed by atoms with Gasteiger partial charge in [0, 0.05) is 11.7 Å². The van der Waals surface area contributed by atoms with Gasteiger partial charge in [-0.2, -0.15) is 0 Å².